The molecule has 0 radical (unpaired) electrons. The molecular formula is C9H10FNO. The third kappa shape index (κ3) is 0.940. The topological polar surface area (TPSA) is 46.2 Å². The maximum Gasteiger partial charge on any atom is 0.126 e. The van der Waals surface area contributed by atoms with Crippen LogP contribution in [0.3, 0.4) is 0 Å². The molecule has 64 valence electrons. The molecule has 0 aromatic heterocycles. The average molecular weight is 167 g/mol. The lowest BCUT2D eigenvalue weighted by molar-refractivity contribution is 0.158. The summed E-state index contributed by atoms with van der Waals surface area (Å²) in [6.07, 6.45) is -0.291. The third-order valence-corrected chi connectivity index (χ3v) is 2.34. The maximum atomic E-state index is 13.1. The Hall–Kier alpha value is -0.930. The molecule has 1 aromatic rings. The van der Waals surface area contributed by atoms with E-state index in [0.29, 0.717) is 12.0 Å². The second-order valence-electron chi connectivity index (χ2n) is 3.10. The number of halogens is 1. The minimum absolute atomic E-state index is 0.264. The molecule has 0 fully saturated rings. The molecule has 0 heterocycles. The summed E-state index contributed by atoms with van der Waals surface area (Å²) in [7, 11) is 0. The Labute approximate surface area is 69.8 Å². The number of hydrogen-bond acceptors (Lipinski definition) is 2. The highest BCUT2D eigenvalue weighted by molar-refractivity contribution is 5.37. The van der Waals surface area contributed by atoms with Gasteiger partial charge in [-0.3, -0.25) is 0 Å². The van der Waals surface area contributed by atoms with E-state index < -0.39 is 12.1 Å². The van der Waals surface area contributed by atoms with Gasteiger partial charge in [-0.05, 0) is 17.2 Å². The molecule has 2 atom stereocenters. The second kappa shape index (κ2) is 2.54. The number of aliphatic hydroxyl groups is 1. The Kier molecular flexibility index (Phi) is 1.63. The van der Waals surface area contributed by atoms with Gasteiger partial charge in [0.15, 0.2) is 0 Å². The zero-order valence-corrected chi connectivity index (χ0v) is 6.50. The fourth-order valence-electron chi connectivity index (χ4n) is 1.65. The van der Waals surface area contributed by atoms with Crippen molar-refractivity contribution in [3.8, 4) is 0 Å². The van der Waals surface area contributed by atoms with Crippen LogP contribution in [0.2, 0.25) is 0 Å². The van der Waals surface area contributed by atoms with Crippen molar-refractivity contribution in [3.05, 3.63) is 35.1 Å². The van der Waals surface area contributed by atoms with Crippen LogP contribution in [0.1, 0.15) is 17.2 Å². The minimum atomic E-state index is -0.628. The molecule has 1 aliphatic carbocycles. The molecule has 0 bridgehead atoms. The molecule has 3 N–H and O–H groups in total. The molecule has 0 aliphatic heterocycles. The Morgan fingerprint density at radius 3 is 2.92 bits per heavy atom. The summed E-state index contributed by atoms with van der Waals surface area (Å²) in [5.74, 6) is -0.264. The van der Waals surface area contributed by atoms with E-state index in [2.05, 4.69) is 0 Å². The molecule has 0 spiro atoms. The van der Waals surface area contributed by atoms with Crippen LogP contribution in [0.25, 0.3) is 0 Å². The summed E-state index contributed by atoms with van der Waals surface area (Å²) in [6.45, 7) is 0. The van der Waals surface area contributed by atoms with Gasteiger partial charge in [-0.25, -0.2) is 4.39 Å². The molecule has 2 nitrogen and oxygen atoms in total. The van der Waals surface area contributed by atoms with Gasteiger partial charge < -0.3 is 10.8 Å². The maximum absolute atomic E-state index is 13.1. The number of nitrogens with two attached hydrogens (primary N) is 1. The zero-order chi connectivity index (χ0) is 8.72. The number of hydrogen-bond donors (Lipinski definition) is 2. The predicted octanol–water partition coefficient (Wildman–Crippen LogP) is 0.743. The van der Waals surface area contributed by atoms with Gasteiger partial charge in [0.1, 0.15) is 5.82 Å². The van der Waals surface area contributed by atoms with E-state index in [1.54, 1.807) is 12.1 Å². The third-order valence-electron chi connectivity index (χ3n) is 2.34. The van der Waals surface area contributed by atoms with Gasteiger partial charge in [0.2, 0.25) is 0 Å². The lowest BCUT2D eigenvalue weighted by Gasteiger charge is -2.07. The molecule has 3 heteroatoms. The molecule has 0 amide bonds. The van der Waals surface area contributed by atoms with Gasteiger partial charge in [-0.1, -0.05) is 12.1 Å². The normalized spacial score (nSPS) is 27.2. The number of fused-ring (bicyclic) bond motifs is 1. The number of benzene rings is 1. The first kappa shape index (κ1) is 7.71. The van der Waals surface area contributed by atoms with Crippen LogP contribution in [0, 0.1) is 5.82 Å². The van der Waals surface area contributed by atoms with E-state index in [0.717, 1.165) is 5.56 Å². The highest BCUT2D eigenvalue weighted by Gasteiger charge is 2.29. The SMILES string of the molecule is N[C@@H]1c2cccc(F)c2C[C@H]1O. The molecule has 0 saturated heterocycles. The van der Waals surface area contributed by atoms with Crippen LogP contribution < -0.4 is 5.73 Å². The monoisotopic (exact) mass is 167 g/mol. The van der Waals surface area contributed by atoms with Gasteiger partial charge in [0.05, 0.1) is 12.1 Å². The van der Waals surface area contributed by atoms with E-state index in [1.807, 2.05) is 0 Å². The number of aliphatic hydroxyl groups excluding tert-OH is 1. The van der Waals surface area contributed by atoms with Crippen molar-refractivity contribution in [1.82, 2.24) is 0 Å². The quantitative estimate of drug-likeness (QED) is 0.598. The Morgan fingerprint density at radius 1 is 1.50 bits per heavy atom. The first-order valence-electron chi connectivity index (χ1n) is 3.91. The summed E-state index contributed by atoms with van der Waals surface area (Å²) < 4.78 is 13.1. The predicted molar refractivity (Wildman–Crippen MR) is 43.0 cm³/mol. The van der Waals surface area contributed by atoms with Gasteiger partial charge in [0, 0.05) is 6.42 Å². The minimum Gasteiger partial charge on any atom is -0.391 e. The van der Waals surface area contributed by atoms with Gasteiger partial charge in [-0.15, -0.1) is 0 Å². The van der Waals surface area contributed by atoms with Crippen LogP contribution in [-0.2, 0) is 6.42 Å². The molecule has 1 aromatic carbocycles. The lowest BCUT2D eigenvalue weighted by Crippen LogP contribution is -2.21. The van der Waals surface area contributed by atoms with Crippen molar-refractivity contribution in [2.45, 2.75) is 18.6 Å². The van der Waals surface area contributed by atoms with E-state index in [-0.39, 0.29) is 5.82 Å². The molecule has 0 saturated carbocycles. The van der Waals surface area contributed by atoms with E-state index in [1.165, 1.54) is 6.07 Å². The van der Waals surface area contributed by atoms with Gasteiger partial charge >= 0.3 is 0 Å². The zero-order valence-electron chi connectivity index (χ0n) is 6.50. The van der Waals surface area contributed by atoms with Crippen molar-refractivity contribution >= 4 is 0 Å². The standard InChI is InChI=1S/C9H10FNO/c10-7-3-1-2-5-6(7)4-8(12)9(5)11/h1-3,8-9,12H,4,11H2/t8-,9-/m1/s1. The van der Waals surface area contributed by atoms with Gasteiger partial charge in [0.25, 0.3) is 0 Å². The smallest absolute Gasteiger partial charge is 0.126 e. The largest absolute Gasteiger partial charge is 0.391 e. The van der Waals surface area contributed by atoms with Crippen molar-refractivity contribution in [1.29, 1.82) is 0 Å². The van der Waals surface area contributed by atoms with Crippen LogP contribution in [0.4, 0.5) is 4.39 Å². The average Bonchev–Trinajstić information content (AvgIpc) is 2.32. The fourth-order valence-corrected chi connectivity index (χ4v) is 1.65. The Balaban J connectivity index is 2.53. The molecule has 12 heavy (non-hydrogen) atoms. The Morgan fingerprint density at radius 2 is 2.25 bits per heavy atom. The van der Waals surface area contributed by atoms with Gasteiger partial charge in [-0.2, -0.15) is 0 Å². The first-order chi connectivity index (χ1) is 5.70. The lowest BCUT2D eigenvalue weighted by atomic mass is 10.1. The van der Waals surface area contributed by atoms with Crippen molar-refractivity contribution < 1.29 is 9.50 Å². The van der Waals surface area contributed by atoms with E-state index >= 15 is 0 Å². The van der Waals surface area contributed by atoms with Crippen LogP contribution in [-0.4, -0.2) is 11.2 Å². The summed E-state index contributed by atoms with van der Waals surface area (Å²) in [5.41, 5.74) is 6.95. The highest BCUT2D eigenvalue weighted by Crippen LogP contribution is 2.30. The van der Waals surface area contributed by atoms with Crippen molar-refractivity contribution in [2.24, 2.45) is 5.73 Å². The molecular weight excluding hydrogens is 157 g/mol. The number of rotatable bonds is 0. The van der Waals surface area contributed by atoms with Crippen LogP contribution >= 0.6 is 0 Å². The molecule has 0 unspecified atom stereocenters. The summed E-state index contributed by atoms with van der Waals surface area (Å²) in [5, 5.41) is 9.35. The fraction of sp³-hybridized carbons (Fsp3) is 0.333. The van der Waals surface area contributed by atoms with Crippen molar-refractivity contribution in [3.63, 3.8) is 0 Å². The summed E-state index contributed by atoms with van der Waals surface area (Å²) in [4.78, 5) is 0. The van der Waals surface area contributed by atoms with Crippen LogP contribution in [0.15, 0.2) is 18.2 Å². The van der Waals surface area contributed by atoms with E-state index in [4.69, 9.17) is 5.73 Å². The van der Waals surface area contributed by atoms with E-state index in [9.17, 15) is 9.50 Å². The van der Waals surface area contributed by atoms with Crippen LogP contribution in [0.5, 0.6) is 0 Å². The first-order valence-corrected chi connectivity index (χ1v) is 3.91. The molecule has 2 rings (SSSR count). The second-order valence-corrected chi connectivity index (χ2v) is 3.10. The highest BCUT2D eigenvalue weighted by atomic mass is 19.1. The Bertz CT molecular complexity index is 313. The summed E-state index contributed by atoms with van der Waals surface area (Å²) in [6, 6.07) is 4.35. The molecule has 1 aliphatic rings. The summed E-state index contributed by atoms with van der Waals surface area (Å²) >= 11 is 0. The van der Waals surface area contributed by atoms with Crippen molar-refractivity contribution in [2.75, 3.05) is 0 Å².